The summed E-state index contributed by atoms with van der Waals surface area (Å²) in [6, 6.07) is 3.96. The summed E-state index contributed by atoms with van der Waals surface area (Å²) in [5, 5.41) is 7.87. The lowest BCUT2D eigenvalue weighted by atomic mass is 10.1. The standard InChI is InChI=1S/C9H12N4/c1-6(2)7-4-5-8-9(10-7)13(3)12-11-8/h4-6H,1-3H3. The predicted molar refractivity (Wildman–Crippen MR) is 50.4 cm³/mol. The molecule has 0 spiro atoms. The van der Waals surface area contributed by atoms with Crippen LogP contribution in [-0.4, -0.2) is 20.0 Å². The summed E-state index contributed by atoms with van der Waals surface area (Å²) in [5.74, 6) is 0.444. The SMILES string of the molecule is CC(C)c1ccc2nnn(C)c2n1. The van der Waals surface area contributed by atoms with Crippen molar-refractivity contribution in [2.45, 2.75) is 19.8 Å². The largest absolute Gasteiger partial charge is 0.232 e. The Morgan fingerprint density at radius 2 is 2.08 bits per heavy atom. The zero-order valence-corrected chi connectivity index (χ0v) is 8.02. The van der Waals surface area contributed by atoms with Gasteiger partial charge in [0.25, 0.3) is 0 Å². The van der Waals surface area contributed by atoms with E-state index in [1.165, 1.54) is 0 Å². The molecule has 2 rings (SSSR count). The van der Waals surface area contributed by atoms with Crippen molar-refractivity contribution in [3.8, 4) is 0 Å². The van der Waals surface area contributed by atoms with Gasteiger partial charge >= 0.3 is 0 Å². The second-order valence-electron chi connectivity index (χ2n) is 3.45. The Morgan fingerprint density at radius 3 is 2.77 bits per heavy atom. The van der Waals surface area contributed by atoms with Crippen molar-refractivity contribution < 1.29 is 0 Å². The molecule has 4 heteroatoms. The number of aromatic nitrogens is 4. The number of fused-ring (bicyclic) bond motifs is 1. The van der Waals surface area contributed by atoms with Crippen molar-refractivity contribution in [3.63, 3.8) is 0 Å². The van der Waals surface area contributed by atoms with E-state index in [4.69, 9.17) is 0 Å². The fourth-order valence-corrected chi connectivity index (χ4v) is 1.25. The fourth-order valence-electron chi connectivity index (χ4n) is 1.25. The van der Waals surface area contributed by atoms with Crippen molar-refractivity contribution >= 4 is 11.2 Å². The molecule has 0 amide bonds. The van der Waals surface area contributed by atoms with Gasteiger partial charge in [0.15, 0.2) is 5.65 Å². The van der Waals surface area contributed by atoms with E-state index in [9.17, 15) is 0 Å². The van der Waals surface area contributed by atoms with Gasteiger partial charge in [0.05, 0.1) is 0 Å². The van der Waals surface area contributed by atoms with Crippen LogP contribution in [0.4, 0.5) is 0 Å². The molecule has 0 aromatic carbocycles. The van der Waals surface area contributed by atoms with Gasteiger partial charge in [-0.1, -0.05) is 19.1 Å². The lowest BCUT2D eigenvalue weighted by molar-refractivity contribution is 0.725. The van der Waals surface area contributed by atoms with Crippen LogP contribution < -0.4 is 0 Å². The van der Waals surface area contributed by atoms with Gasteiger partial charge in [0, 0.05) is 12.7 Å². The van der Waals surface area contributed by atoms with E-state index >= 15 is 0 Å². The number of nitrogens with zero attached hydrogens (tertiary/aromatic N) is 4. The fraction of sp³-hybridized carbons (Fsp3) is 0.444. The molecule has 68 valence electrons. The molecule has 2 aromatic heterocycles. The topological polar surface area (TPSA) is 43.6 Å². The maximum Gasteiger partial charge on any atom is 0.178 e. The number of hydrogen-bond donors (Lipinski definition) is 0. The molecular formula is C9H12N4. The number of pyridine rings is 1. The molecule has 0 bridgehead atoms. The van der Waals surface area contributed by atoms with E-state index in [1.807, 2.05) is 19.2 Å². The van der Waals surface area contributed by atoms with Gasteiger partial charge in [-0.15, -0.1) is 5.10 Å². The predicted octanol–water partition coefficient (Wildman–Crippen LogP) is 1.49. The Kier molecular flexibility index (Phi) is 1.76. The Morgan fingerprint density at radius 1 is 1.31 bits per heavy atom. The Labute approximate surface area is 76.6 Å². The first-order valence-electron chi connectivity index (χ1n) is 4.35. The molecule has 2 aromatic rings. The van der Waals surface area contributed by atoms with Crippen LogP contribution >= 0.6 is 0 Å². The lowest BCUT2D eigenvalue weighted by Crippen LogP contribution is -1.96. The second kappa shape index (κ2) is 2.80. The number of rotatable bonds is 1. The minimum atomic E-state index is 0.444. The van der Waals surface area contributed by atoms with Gasteiger partial charge in [-0.3, -0.25) is 0 Å². The van der Waals surface area contributed by atoms with Crippen molar-refractivity contribution in [2.75, 3.05) is 0 Å². The monoisotopic (exact) mass is 176 g/mol. The average molecular weight is 176 g/mol. The molecule has 0 aliphatic carbocycles. The molecule has 0 N–H and O–H groups in total. The first kappa shape index (κ1) is 8.16. The lowest BCUT2D eigenvalue weighted by Gasteiger charge is -2.02. The Balaban J connectivity index is 2.66. The summed E-state index contributed by atoms with van der Waals surface area (Å²) in [5.41, 5.74) is 2.79. The second-order valence-corrected chi connectivity index (χ2v) is 3.45. The molecule has 0 saturated heterocycles. The maximum atomic E-state index is 4.47. The van der Waals surface area contributed by atoms with Crippen molar-refractivity contribution in [1.82, 2.24) is 20.0 Å². The first-order valence-corrected chi connectivity index (χ1v) is 4.35. The van der Waals surface area contributed by atoms with Gasteiger partial charge in [-0.2, -0.15) is 0 Å². The smallest absolute Gasteiger partial charge is 0.178 e. The van der Waals surface area contributed by atoms with Crippen LogP contribution in [0.15, 0.2) is 12.1 Å². The summed E-state index contributed by atoms with van der Waals surface area (Å²) < 4.78 is 1.70. The minimum Gasteiger partial charge on any atom is -0.232 e. The van der Waals surface area contributed by atoms with E-state index in [0.29, 0.717) is 5.92 Å². The molecular weight excluding hydrogens is 164 g/mol. The zero-order chi connectivity index (χ0) is 9.42. The first-order chi connectivity index (χ1) is 6.18. The third kappa shape index (κ3) is 1.28. The van der Waals surface area contributed by atoms with Crippen LogP contribution in [0.25, 0.3) is 11.2 Å². The summed E-state index contributed by atoms with van der Waals surface area (Å²) >= 11 is 0. The number of aryl methyl sites for hydroxylation is 1. The number of hydrogen-bond acceptors (Lipinski definition) is 3. The van der Waals surface area contributed by atoms with Crippen LogP contribution in [0, 0.1) is 0 Å². The molecule has 2 heterocycles. The van der Waals surface area contributed by atoms with Gasteiger partial charge in [-0.25, -0.2) is 9.67 Å². The summed E-state index contributed by atoms with van der Waals surface area (Å²) in [6.07, 6.45) is 0. The van der Waals surface area contributed by atoms with Gasteiger partial charge in [0.2, 0.25) is 0 Å². The summed E-state index contributed by atoms with van der Waals surface area (Å²) in [6.45, 7) is 4.25. The minimum absolute atomic E-state index is 0.444. The highest BCUT2D eigenvalue weighted by atomic mass is 15.4. The van der Waals surface area contributed by atoms with Crippen LogP contribution in [0.3, 0.4) is 0 Å². The molecule has 13 heavy (non-hydrogen) atoms. The third-order valence-corrected chi connectivity index (χ3v) is 2.06. The highest BCUT2D eigenvalue weighted by Crippen LogP contribution is 2.14. The third-order valence-electron chi connectivity index (χ3n) is 2.06. The maximum absolute atomic E-state index is 4.47. The van der Waals surface area contributed by atoms with Crippen LogP contribution in [0.1, 0.15) is 25.5 Å². The molecule has 0 radical (unpaired) electrons. The molecule has 0 unspecified atom stereocenters. The van der Waals surface area contributed by atoms with Gasteiger partial charge < -0.3 is 0 Å². The van der Waals surface area contributed by atoms with E-state index in [0.717, 1.165) is 16.9 Å². The van der Waals surface area contributed by atoms with E-state index in [-0.39, 0.29) is 0 Å². The summed E-state index contributed by atoms with van der Waals surface area (Å²) in [4.78, 5) is 4.47. The Bertz CT molecular complexity index is 430. The van der Waals surface area contributed by atoms with Crippen molar-refractivity contribution in [3.05, 3.63) is 17.8 Å². The van der Waals surface area contributed by atoms with Crippen LogP contribution in [-0.2, 0) is 7.05 Å². The normalized spacial score (nSPS) is 11.4. The highest BCUT2D eigenvalue weighted by molar-refractivity contribution is 5.69. The Hall–Kier alpha value is -1.45. The van der Waals surface area contributed by atoms with Crippen molar-refractivity contribution in [2.24, 2.45) is 7.05 Å². The average Bonchev–Trinajstić information content (AvgIpc) is 2.47. The van der Waals surface area contributed by atoms with Gasteiger partial charge in [0.1, 0.15) is 5.52 Å². The molecule has 4 nitrogen and oxygen atoms in total. The van der Waals surface area contributed by atoms with E-state index < -0.39 is 0 Å². The molecule has 0 aliphatic rings. The quantitative estimate of drug-likeness (QED) is 0.661. The van der Waals surface area contributed by atoms with Crippen molar-refractivity contribution in [1.29, 1.82) is 0 Å². The molecule has 0 aliphatic heterocycles. The molecule has 0 fully saturated rings. The molecule has 0 atom stereocenters. The van der Waals surface area contributed by atoms with Gasteiger partial charge in [-0.05, 0) is 18.1 Å². The van der Waals surface area contributed by atoms with E-state index in [1.54, 1.807) is 4.68 Å². The van der Waals surface area contributed by atoms with E-state index in [2.05, 4.69) is 29.1 Å². The molecule has 0 saturated carbocycles. The van der Waals surface area contributed by atoms with Crippen LogP contribution in [0.2, 0.25) is 0 Å². The highest BCUT2D eigenvalue weighted by Gasteiger charge is 2.05. The zero-order valence-electron chi connectivity index (χ0n) is 8.02. The van der Waals surface area contributed by atoms with Crippen LogP contribution in [0.5, 0.6) is 0 Å². The summed E-state index contributed by atoms with van der Waals surface area (Å²) in [7, 11) is 1.85.